The van der Waals surface area contributed by atoms with E-state index in [2.05, 4.69) is 10.9 Å². The fourth-order valence-electron chi connectivity index (χ4n) is 2.67. The molecule has 3 rings (SSSR count). The molecule has 0 saturated carbocycles. The van der Waals surface area contributed by atoms with Crippen molar-refractivity contribution in [3.63, 3.8) is 0 Å². The maximum absolute atomic E-state index is 12.2. The van der Waals surface area contributed by atoms with Gasteiger partial charge in [0.1, 0.15) is 5.75 Å². The number of benzene rings is 3. The largest absolute Gasteiger partial charge is 0.481 e. The number of fused-ring (bicyclic) bond motifs is 1. The highest BCUT2D eigenvalue weighted by molar-refractivity contribution is 6.30. The molecule has 2 amide bonds. The molecule has 0 fully saturated rings. The highest BCUT2D eigenvalue weighted by Gasteiger charge is 2.16. The summed E-state index contributed by atoms with van der Waals surface area (Å²) in [6, 6.07) is 20.3. The first-order valence-electron chi connectivity index (χ1n) is 8.50. The minimum absolute atomic E-state index is 0.161. The summed E-state index contributed by atoms with van der Waals surface area (Å²) in [5, 5.41) is 2.66. The van der Waals surface area contributed by atoms with E-state index < -0.39 is 12.0 Å². The average Bonchev–Trinajstić information content (AvgIpc) is 2.68. The summed E-state index contributed by atoms with van der Waals surface area (Å²) in [5.74, 6) is -0.237. The van der Waals surface area contributed by atoms with Gasteiger partial charge in [-0.25, -0.2) is 0 Å². The summed E-state index contributed by atoms with van der Waals surface area (Å²) in [4.78, 5) is 24.3. The van der Waals surface area contributed by atoms with Gasteiger partial charge in [-0.2, -0.15) is 0 Å². The Balaban J connectivity index is 1.53. The first kappa shape index (κ1) is 18.7. The molecule has 0 radical (unpaired) electrons. The van der Waals surface area contributed by atoms with Crippen LogP contribution in [-0.2, 0) is 16.0 Å². The van der Waals surface area contributed by atoms with Crippen molar-refractivity contribution in [2.24, 2.45) is 0 Å². The zero-order valence-corrected chi connectivity index (χ0v) is 15.5. The minimum atomic E-state index is -0.774. The van der Waals surface area contributed by atoms with Crippen LogP contribution < -0.4 is 15.6 Å². The van der Waals surface area contributed by atoms with Crippen molar-refractivity contribution >= 4 is 34.2 Å². The van der Waals surface area contributed by atoms with Crippen molar-refractivity contribution < 1.29 is 14.3 Å². The van der Waals surface area contributed by atoms with Gasteiger partial charge in [-0.3, -0.25) is 20.4 Å². The van der Waals surface area contributed by atoms with Gasteiger partial charge in [-0.1, -0.05) is 54.1 Å². The summed E-state index contributed by atoms with van der Waals surface area (Å²) in [5.41, 5.74) is 5.72. The number of halogens is 1. The van der Waals surface area contributed by atoms with E-state index in [9.17, 15) is 9.59 Å². The van der Waals surface area contributed by atoms with E-state index in [1.165, 1.54) is 0 Å². The van der Waals surface area contributed by atoms with Gasteiger partial charge in [0.15, 0.2) is 6.10 Å². The summed E-state index contributed by atoms with van der Waals surface area (Å²) in [6.07, 6.45) is -0.613. The monoisotopic (exact) mass is 382 g/mol. The number of hydrazine groups is 1. The lowest BCUT2D eigenvalue weighted by molar-refractivity contribution is -0.132. The summed E-state index contributed by atoms with van der Waals surface area (Å²) in [6.45, 7) is 1.60. The van der Waals surface area contributed by atoms with Gasteiger partial charge in [0.25, 0.3) is 5.91 Å². The van der Waals surface area contributed by atoms with E-state index in [0.717, 1.165) is 16.3 Å². The third kappa shape index (κ3) is 4.99. The number of ether oxygens (including phenoxy) is 1. The Hall–Kier alpha value is -3.05. The molecule has 0 heterocycles. The molecular formula is C21H19ClN2O3. The van der Waals surface area contributed by atoms with E-state index >= 15 is 0 Å². The first-order valence-corrected chi connectivity index (χ1v) is 8.88. The predicted octanol–water partition coefficient (Wildman–Crippen LogP) is 3.65. The lowest BCUT2D eigenvalue weighted by Gasteiger charge is -2.15. The van der Waals surface area contributed by atoms with Crippen molar-refractivity contribution in [1.29, 1.82) is 0 Å². The maximum atomic E-state index is 12.2. The van der Waals surface area contributed by atoms with Gasteiger partial charge in [0.05, 0.1) is 6.42 Å². The average molecular weight is 383 g/mol. The van der Waals surface area contributed by atoms with E-state index in [4.69, 9.17) is 16.3 Å². The highest BCUT2D eigenvalue weighted by atomic mass is 35.5. The molecule has 138 valence electrons. The molecule has 0 aliphatic heterocycles. The molecule has 0 spiro atoms. The van der Waals surface area contributed by atoms with Crippen LogP contribution in [0.1, 0.15) is 12.5 Å². The van der Waals surface area contributed by atoms with E-state index in [1.54, 1.807) is 31.2 Å². The van der Waals surface area contributed by atoms with Crippen LogP contribution in [0, 0.1) is 0 Å². The van der Waals surface area contributed by atoms with Crippen LogP contribution in [0.3, 0.4) is 0 Å². The molecule has 1 unspecified atom stereocenters. The van der Waals surface area contributed by atoms with Crippen molar-refractivity contribution in [3.05, 3.63) is 77.3 Å². The number of carbonyl (C=O) groups excluding carboxylic acids is 2. The number of nitrogens with one attached hydrogen (secondary N) is 2. The second kappa shape index (κ2) is 8.56. The Kier molecular flexibility index (Phi) is 5.94. The highest BCUT2D eigenvalue weighted by Crippen LogP contribution is 2.19. The second-order valence-corrected chi connectivity index (χ2v) is 6.50. The van der Waals surface area contributed by atoms with Gasteiger partial charge >= 0.3 is 0 Å². The van der Waals surface area contributed by atoms with Crippen LogP contribution >= 0.6 is 11.6 Å². The molecule has 0 bridgehead atoms. The standard InChI is InChI=1S/C21H19ClN2O3/c1-14(27-18-11-9-17(22)10-12-18)21(26)24-23-20(25)13-16-7-4-6-15-5-2-3-8-19(15)16/h2-12,14H,13H2,1H3,(H,23,25)(H,24,26). The molecule has 27 heavy (non-hydrogen) atoms. The van der Waals surface area contributed by atoms with Crippen LogP contribution in [0.25, 0.3) is 10.8 Å². The quantitative estimate of drug-likeness (QED) is 0.662. The van der Waals surface area contributed by atoms with Crippen molar-refractivity contribution in [2.75, 3.05) is 0 Å². The molecule has 0 saturated heterocycles. The molecule has 1 atom stereocenters. The number of carbonyl (C=O) groups is 2. The van der Waals surface area contributed by atoms with Gasteiger partial charge in [0, 0.05) is 5.02 Å². The van der Waals surface area contributed by atoms with Crippen LogP contribution in [0.4, 0.5) is 0 Å². The van der Waals surface area contributed by atoms with Gasteiger partial charge < -0.3 is 4.74 Å². The summed E-state index contributed by atoms with van der Waals surface area (Å²) < 4.78 is 5.52. The van der Waals surface area contributed by atoms with Crippen LogP contribution in [0.2, 0.25) is 5.02 Å². The van der Waals surface area contributed by atoms with Crippen molar-refractivity contribution in [1.82, 2.24) is 10.9 Å². The molecule has 0 aliphatic carbocycles. The third-order valence-electron chi connectivity index (χ3n) is 4.05. The Morgan fingerprint density at radius 1 is 0.963 bits per heavy atom. The number of hydrogen-bond acceptors (Lipinski definition) is 3. The lowest BCUT2D eigenvalue weighted by Crippen LogP contribution is -2.47. The van der Waals surface area contributed by atoms with E-state index in [-0.39, 0.29) is 12.3 Å². The zero-order chi connectivity index (χ0) is 19.2. The Morgan fingerprint density at radius 3 is 2.44 bits per heavy atom. The van der Waals surface area contributed by atoms with Crippen LogP contribution in [0.5, 0.6) is 5.75 Å². The van der Waals surface area contributed by atoms with Gasteiger partial charge in [-0.05, 0) is 47.5 Å². The molecule has 5 nitrogen and oxygen atoms in total. The molecule has 0 aliphatic rings. The fraction of sp³-hybridized carbons (Fsp3) is 0.143. The smallest absolute Gasteiger partial charge is 0.279 e. The summed E-state index contributed by atoms with van der Waals surface area (Å²) in [7, 11) is 0. The second-order valence-electron chi connectivity index (χ2n) is 6.07. The first-order chi connectivity index (χ1) is 13.0. The van der Waals surface area contributed by atoms with Crippen LogP contribution in [0.15, 0.2) is 66.7 Å². The SMILES string of the molecule is CC(Oc1ccc(Cl)cc1)C(=O)NNC(=O)Cc1cccc2ccccc12. The van der Waals surface area contributed by atoms with E-state index in [0.29, 0.717) is 10.8 Å². The molecule has 3 aromatic rings. The number of rotatable bonds is 5. The zero-order valence-electron chi connectivity index (χ0n) is 14.7. The molecule has 0 aromatic heterocycles. The Bertz CT molecular complexity index is 952. The van der Waals surface area contributed by atoms with E-state index in [1.807, 2.05) is 42.5 Å². The van der Waals surface area contributed by atoms with Gasteiger partial charge in [-0.15, -0.1) is 0 Å². The maximum Gasteiger partial charge on any atom is 0.279 e. The molecule has 2 N–H and O–H groups in total. The van der Waals surface area contributed by atoms with Crippen molar-refractivity contribution in [2.45, 2.75) is 19.4 Å². The van der Waals surface area contributed by atoms with Crippen LogP contribution in [-0.4, -0.2) is 17.9 Å². The minimum Gasteiger partial charge on any atom is -0.481 e. The fourth-order valence-corrected chi connectivity index (χ4v) is 2.79. The third-order valence-corrected chi connectivity index (χ3v) is 4.30. The molecule has 6 heteroatoms. The van der Waals surface area contributed by atoms with Crippen molar-refractivity contribution in [3.8, 4) is 5.75 Å². The predicted molar refractivity (Wildman–Crippen MR) is 105 cm³/mol. The molecule has 3 aromatic carbocycles. The normalized spacial score (nSPS) is 11.6. The summed E-state index contributed by atoms with van der Waals surface area (Å²) >= 11 is 5.82. The number of hydrogen-bond donors (Lipinski definition) is 2. The lowest BCUT2D eigenvalue weighted by atomic mass is 10.0. The topological polar surface area (TPSA) is 67.4 Å². The Labute approximate surface area is 162 Å². The Morgan fingerprint density at radius 2 is 1.67 bits per heavy atom. The molecular weight excluding hydrogens is 364 g/mol. The number of amides is 2. The van der Waals surface area contributed by atoms with Gasteiger partial charge in [0.2, 0.25) is 5.91 Å².